The van der Waals surface area contributed by atoms with E-state index in [1.54, 1.807) is 42.5 Å². The molecule has 0 saturated carbocycles. The lowest BCUT2D eigenvalue weighted by atomic mass is 10.0. The monoisotopic (exact) mass is 456 g/mol. The highest BCUT2D eigenvalue weighted by Crippen LogP contribution is 2.31. The molecule has 0 radical (unpaired) electrons. The highest BCUT2D eigenvalue weighted by atomic mass is 35.5. The minimum atomic E-state index is -0.588. The summed E-state index contributed by atoms with van der Waals surface area (Å²) in [6.45, 7) is 0.130. The number of para-hydroxylation sites is 1. The van der Waals surface area contributed by atoms with Gasteiger partial charge in [-0.05, 0) is 52.7 Å². The second kappa shape index (κ2) is 9.99. The fourth-order valence-corrected chi connectivity index (χ4v) is 3.57. The molecule has 4 rings (SSSR count). The largest absolute Gasteiger partial charge is 0.488 e. The Morgan fingerprint density at radius 1 is 1.03 bits per heavy atom. The minimum Gasteiger partial charge on any atom is -0.488 e. The van der Waals surface area contributed by atoms with Gasteiger partial charge in [0, 0.05) is 5.56 Å². The van der Waals surface area contributed by atoms with Gasteiger partial charge >= 0.3 is 0 Å². The number of rotatable bonds is 6. The summed E-state index contributed by atoms with van der Waals surface area (Å²) >= 11 is 6.13. The molecule has 0 bridgehead atoms. The van der Waals surface area contributed by atoms with E-state index in [1.165, 1.54) is 18.2 Å². The molecule has 0 heterocycles. The van der Waals surface area contributed by atoms with Crippen LogP contribution in [-0.2, 0) is 11.4 Å². The first-order valence-electron chi connectivity index (χ1n) is 10.1. The van der Waals surface area contributed by atoms with E-state index in [-0.39, 0.29) is 18.0 Å². The molecule has 0 aromatic heterocycles. The van der Waals surface area contributed by atoms with Crippen molar-refractivity contribution in [3.8, 4) is 11.8 Å². The van der Waals surface area contributed by atoms with Gasteiger partial charge < -0.3 is 10.1 Å². The number of halogens is 2. The van der Waals surface area contributed by atoms with Crippen molar-refractivity contribution < 1.29 is 13.9 Å². The predicted molar refractivity (Wildman–Crippen MR) is 128 cm³/mol. The molecular weight excluding hydrogens is 439 g/mol. The third-order valence-electron chi connectivity index (χ3n) is 4.99. The van der Waals surface area contributed by atoms with E-state index in [0.717, 1.165) is 10.8 Å². The molecular formula is C27H18ClFN2O2. The lowest BCUT2D eigenvalue weighted by Gasteiger charge is -2.13. The van der Waals surface area contributed by atoms with Gasteiger partial charge in [-0.1, -0.05) is 66.2 Å². The fourth-order valence-electron chi connectivity index (χ4n) is 3.38. The van der Waals surface area contributed by atoms with Gasteiger partial charge in [-0.25, -0.2) is 4.39 Å². The van der Waals surface area contributed by atoms with Crippen molar-refractivity contribution in [2.75, 3.05) is 5.32 Å². The first-order valence-corrected chi connectivity index (χ1v) is 10.5. The maximum absolute atomic E-state index is 13.5. The first-order chi connectivity index (χ1) is 16.0. The average Bonchev–Trinajstić information content (AvgIpc) is 2.83. The topological polar surface area (TPSA) is 62.1 Å². The van der Waals surface area contributed by atoms with Gasteiger partial charge in [0.25, 0.3) is 5.91 Å². The highest BCUT2D eigenvalue weighted by Gasteiger charge is 2.15. The fraction of sp³-hybridized carbons (Fsp3) is 0.0370. The Morgan fingerprint density at radius 3 is 2.61 bits per heavy atom. The van der Waals surface area contributed by atoms with Gasteiger partial charge in [-0.2, -0.15) is 5.26 Å². The maximum atomic E-state index is 13.5. The van der Waals surface area contributed by atoms with Crippen LogP contribution in [0.25, 0.3) is 16.8 Å². The Kier molecular flexibility index (Phi) is 6.68. The zero-order valence-electron chi connectivity index (χ0n) is 17.4. The minimum absolute atomic E-state index is 0.109. The van der Waals surface area contributed by atoms with E-state index in [4.69, 9.17) is 16.3 Å². The van der Waals surface area contributed by atoms with Crippen LogP contribution in [0.2, 0.25) is 5.02 Å². The standard InChI is InChI=1S/C27H18ClFN2O2/c28-24-10-3-4-11-25(24)31-27(32)20(16-30)15-23-22-9-2-1-7-19(22)12-13-26(23)33-17-18-6-5-8-21(29)14-18/h1-15H,17H2,(H,31,32)/b20-15+. The molecule has 162 valence electrons. The van der Waals surface area contributed by atoms with Crippen molar-refractivity contribution in [2.24, 2.45) is 0 Å². The molecule has 0 saturated heterocycles. The van der Waals surface area contributed by atoms with Crippen LogP contribution >= 0.6 is 11.6 Å². The van der Waals surface area contributed by atoms with Crippen molar-refractivity contribution in [1.82, 2.24) is 0 Å². The number of nitrogens with zero attached hydrogens (tertiary/aromatic N) is 1. The van der Waals surface area contributed by atoms with Crippen LogP contribution in [0.1, 0.15) is 11.1 Å². The zero-order valence-corrected chi connectivity index (χ0v) is 18.1. The van der Waals surface area contributed by atoms with E-state index in [9.17, 15) is 14.4 Å². The van der Waals surface area contributed by atoms with Crippen LogP contribution in [0, 0.1) is 17.1 Å². The number of nitrogens with one attached hydrogen (secondary N) is 1. The Bertz CT molecular complexity index is 1410. The van der Waals surface area contributed by atoms with Crippen LogP contribution < -0.4 is 10.1 Å². The van der Waals surface area contributed by atoms with E-state index in [0.29, 0.717) is 27.6 Å². The smallest absolute Gasteiger partial charge is 0.266 e. The van der Waals surface area contributed by atoms with Crippen molar-refractivity contribution in [3.05, 3.63) is 112 Å². The number of carbonyl (C=O) groups excluding carboxylic acids is 1. The molecule has 0 spiro atoms. The summed E-state index contributed by atoms with van der Waals surface area (Å²) in [6, 6.07) is 26.1. The van der Waals surface area contributed by atoms with E-state index in [2.05, 4.69) is 5.32 Å². The molecule has 4 nitrogen and oxygen atoms in total. The normalized spacial score (nSPS) is 11.1. The van der Waals surface area contributed by atoms with Gasteiger partial charge in [0.1, 0.15) is 29.8 Å². The summed E-state index contributed by atoms with van der Waals surface area (Å²) in [7, 11) is 0. The summed E-state index contributed by atoms with van der Waals surface area (Å²) in [5.74, 6) is -0.469. The molecule has 33 heavy (non-hydrogen) atoms. The van der Waals surface area contributed by atoms with Crippen LogP contribution in [-0.4, -0.2) is 5.91 Å². The summed E-state index contributed by atoms with van der Waals surface area (Å²) in [4.78, 5) is 12.8. The predicted octanol–water partition coefficient (Wildman–Crippen LogP) is 6.76. The lowest BCUT2D eigenvalue weighted by Crippen LogP contribution is -2.13. The van der Waals surface area contributed by atoms with Gasteiger partial charge in [-0.15, -0.1) is 0 Å². The van der Waals surface area contributed by atoms with Crippen LogP contribution in [0.4, 0.5) is 10.1 Å². The van der Waals surface area contributed by atoms with E-state index < -0.39 is 5.91 Å². The van der Waals surface area contributed by atoms with Crippen LogP contribution in [0.15, 0.2) is 90.5 Å². The molecule has 0 atom stereocenters. The Labute approximate surface area is 195 Å². The summed E-state index contributed by atoms with van der Waals surface area (Å²) in [5, 5.41) is 14.5. The number of fused-ring (bicyclic) bond motifs is 1. The zero-order chi connectivity index (χ0) is 23.2. The quantitative estimate of drug-likeness (QED) is 0.257. The van der Waals surface area contributed by atoms with Crippen molar-refractivity contribution in [3.63, 3.8) is 0 Å². The molecule has 0 aliphatic rings. The SMILES string of the molecule is N#C/C(=C\c1c(OCc2cccc(F)c2)ccc2ccccc12)C(=O)Nc1ccccc1Cl. The Balaban J connectivity index is 1.71. The number of anilines is 1. The molecule has 0 unspecified atom stereocenters. The van der Waals surface area contributed by atoms with Gasteiger partial charge in [0.15, 0.2) is 0 Å². The number of benzene rings is 4. The molecule has 0 aliphatic carbocycles. The number of nitriles is 1. The maximum Gasteiger partial charge on any atom is 0.266 e. The van der Waals surface area contributed by atoms with E-state index in [1.807, 2.05) is 36.4 Å². The molecule has 6 heteroatoms. The molecule has 0 aliphatic heterocycles. The summed E-state index contributed by atoms with van der Waals surface area (Å²) in [5.41, 5.74) is 1.54. The third-order valence-corrected chi connectivity index (χ3v) is 5.32. The average molecular weight is 457 g/mol. The summed E-state index contributed by atoms with van der Waals surface area (Å²) < 4.78 is 19.5. The van der Waals surface area contributed by atoms with Gasteiger partial charge in [0.2, 0.25) is 0 Å². The second-order valence-corrected chi connectivity index (χ2v) is 7.63. The molecule has 4 aromatic carbocycles. The Hall–Kier alpha value is -4.14. The van der Waals surface area contributed by atoms with Crippen molar-refractivity contribution >= 4 is 40.0 Å². The number of carbonyl (C=O) groups is 1. The lowest BCUT2D eigenvalue weighted by molar-refractivity contribution is -0.112. The molecule has 1 N–H and O–H groups in total. The van der Waals surface area contributed by atoms with Crippen LogP contribution in [0.3, 0.4) is 0 Å². The second-order valence-electron chi connectivity index (χ2n) is 7.22. The summed E-state index contributed by atoms with van der Waals surface area (Å²) in [6.07, 6.45) is 1.50. The first kappa shape index (κ1) is 22.1. The number of amides is 1. The Morgan fingerprint density at radius 2 is 1.82 bits per heavy atom. The van der Waals surface area contributed by atoms with Crippen molar-refractivity contribution in [2.45, 2.75) is 6.61 Å². The van der Waals surface area contributed by atoms with Gasteiger partial charge in [-0.3, -0.25) is 4.79 Å². The number of hydrogen-bond acceptors (Lipinski definition) is 3. The number of hydrogen-bond donors (Lipinski definition) is 1. The van der Waals surface area contributed by atoms with Crippen molar-refractivity contribution in [1.29, 1.82) is 5.26 Å². The number of ether oxygens (including phenoxy) is 1. The van der Waals surface area contributed by atoms with E-state index >= 15 is 0 Å². The van der Waals surface area contributed by atoms with Crippen LogP contribution in [0.5, 0.6) is 5.75 Å². The highest BCUT2D eigenvalue weighted by molar-refractivity contribution is 6.34. The third kappa shape index (κ3) is 5.20. The molecule has 1 amide bonds. The van der Waals surface area contributed by atoms with Gasteiger partial charge in [0.05, 0.1) is 10.7 Å². The molecule has 0 fully saturated rings. The molecule has 4 aromatic rings.